The number of benzene rings is 1. The molecule has 0 saturated carbocycles. The highest BCUT2D eigenvalue weighted by molar-refractivity contribution is 14.0. The van der Waals surface area contributed by atoms with Crippen LogP contribution in [0.5, 0.6) is 0 Å². The summed E-state index contributed by atoms with van der Waals surface area (Å²) in [6, 6.07) is 8.78. The van der Waals surface area contributed by atoms with E-state index < -0.39 is 0 Å². The average molecular weight is 373 g/mol. The van der Waals surface area contributed by atoms with Gasteiger partial charge >= 0.3 is 0 Å². The Balaban J connectivity index is 0.00000324. The van der Waals surface area contributed by atoms with Gasteiger partial charge in [0.15, 0.2) is 5.96 Å². The maximum atomic E-state index is 4.13. The molecule has 4 heteroatoms. The second-order valence-electron chi connectivity index (χ2n) is 4.09. The molecule has 0 spiro atoms. The summed E-state index contributed by atoms with van der Waals surface area (Å²) in [6.07, 6.45) is 3.91. The normalized spacial score (nSPS) is 10.5. The van der Waals surface area contributed by atoms with Gasteiger partial charge in [0.25, 0.3) is 0 Å². The number of aryl methyl sites for hydroxylation is 1. The monoisotopic (exact) mass is 373 g/mol. The third-order valence-corrected chi connectivity index (χ3v) is 2.77. The SMILES string of the molecule is C=CCNC(=NC)NCCc1ccc(CC)cc1.I. The van der Waals surface area contributed by atoms with E-state index >= 15 is 0 Å². The van der Waals surface area contributed by atoms with Crippen LogP contribution in [0, 0.1) is 0 Å². The first kappa shape index (κ1) is 18.0. The van der Waals surface area contributed by atoms with E-state index in [1.165, 1.54) is 11.1 Å². The fourth-order valence-corrected chi connectivity index (χ4v) is 1.66. The molecule has 0 aliphatic rings. The lowest BCUT2D eigenvalue weighted by molar-refractivity contribution is 0.821. The van der Waals surface area contributed by atoms with Crippen molar-refractivity contribution in [3.05, 3.63) is 48.0 Å². The summed E-state index contributed by atoms with van der Waals surface area (Å²) >= 11 is 0. The average Bonchev–Trinajstić information content (AvgIpc) is 2.43. The van der Waals surface area contributed by atoms with Crippen molar-refractivity contribution in [1.82, 2.24) is 10.6 Å². The Morgan fingerprint density at radius 2 is 1.84 bits per heavy atom. The first-order valence-electron chi connectivity index (χ1n) is 6.43. The Morgan fingerprint density at radius 3 is 2.37 bits per heavy atom. The lowest BCUT2D eigenvalue weighted by Gasteiger charge is -2.10. The van der Waals surface area contributed by atoms with Crippen LogP contribution in [0.3, 0.4) is 0 Å². The molecule has 1 aromatic rings. The van der Waals surface area contributed by atoms with Gasteiger partial charge < -0.3 is 10.6 Å². The molecule has 0 atom stereocenters. The van der Waals surface area contributed by atoms with Gasteiger partial charge in [-0.3, -0.25) is 4.99 Å². The molecule has 0 aromatic heterocycles. The predicted octanol–water partition coefficient (Wildman–Crippen LogP) is 2.76. The zero-order valence-electron chi connectivity index (χ0n) is 11.8. The third-order valence-electron chi connectivity index (χ3n) is 2.77. The van der Waals surface area contributed by atoms with Crippen LogP contribution in [0.25, 0.3) is 0 Å². The largest absolute Gasteiger partial charge is 0.356 e. The number of hydrogen-bond acceptors (Lipinski definition) is 1. The van der Waals surface area contributed by atoms with Crippen LogP contribution in [0.1, 0.15) is 18.1 Å². The smallest absolute Gasteiger partial charge is 0.191 e. The van der Waals surface area contributed by atoms with Crippen LogP contribution in [0.15, 0.2) is 41.9 Å². The van der Waals surface area contributed by atoms with E-state index in [4.69, 9.17) is 0 Å². The van der Waals surface area contributed by atoms with Gasteiger partial charge in [0.1, 0.15) is 0 Å². The number of hydrogen-bond donors (Lipinski definition) is 2. The van der Waals surface area contributed by atoms with Gasteiger partial charge in [-0.15, -0.1) is 30.6 Å². The Labute approximate surface area is 133 Å². The van der Waals surface area contributed by atoms with E-state index in [9.17, 15) is 0 Å². The van der Waals surface area contributed by atoms with E-state index in [1.807, 2.05) is 6.08 Å². The molecule has 0 amide bonds. The maximum absolute atomic E-state index is 4.13. The van der Waals surface area contributed by atoms with Crippen LogP contribution in [0.2, 0.25) is 0 Å². The molecule has 0 aliphatic heterocycles. The van der Waals surface area contributed by atoms with Crippen molar-refractivity contribution in [1.29, 1.82) is 0 Å². The third kappa shape index (κ3) is 7.20. The highest BCUT2D eigenvalue weighted by Gasteiger charge is 1.96. The van der Waals surface area contributed by atoms with Crippen LogP contribution in [-0.2, 0) is 12.8 Å². The zero-order chi connectivity index (χ0) is 13.2. The predicted molar refractivity (Wildman–Crippen MR) is 94.5 cm³/mol. The van der Waals surface area contributed by atoms with Gasteiger partial charge in [0, 0.05) is 20.1 Å². The van der Waals surface area contributed by atoms with E-state index in [1.54, 1.807) is 7.05 Å². The van der Waals surface area contributed by atoms with Gasteiger partial charge in [-0.2, -0.15) is 0 Å². The number of guanidine groups is 1. The van der Waals surface area contributed by atoms with Gasteiger partial charge in [0.2, 0.25) is 0 Å². The van der Waals surface area contributed by atoms with Crippen molar-refractivity contribution < 1.29 is 0 Å². The van der Waals surface area contributed by atoms with E-state index in [2.05, 4.69) is 53.4 Å². The minimum Gasteiger partial charge on any atom is -0.356 e. The fraction of sp³-hybridized carbons (Fsp3) is 0.400. The van der Waals surface area contributed by atoms with Crippen molar-refractivity contribution in [2.24, 2.45) is 4.99 Å². The summed E-state index contributed by atoms with van der Waals surface area (Å²) in [5.74, 6) is 0.820. The molecular weight excluding hydrogens is 349 g/mol. The van der Waals surface area contributed by atoms with Crippen LogP contribution >= 0.6 is 24.0 Å². The molecule has 0 fully saturated rings. The topological polar surface area (TPSA) is 36.4 Å². The number of nitrogens with one attached hydrogen (secondary N) is 2. The molecule has 1 aromatic carbocycles. The molecule has 0 heterocycles. The molecule has 2 N–H and O–H groups in total. The summed E-state index contributed by atoms with van der Waals surface area (Å²) in [5.41, 5.74) is 2.73. The minimum atomic E-state index is 0. The molecule has 3 nitrogen and oxygen atoms in total. The second-order valence-corrected chi connectivity index (χ2v) is 4.09. The Morgan fingerprint density at radius 1 is 1.21 bits per heavy atom. The quantitative estimate of drug-likeness (QED) is 0.348. The minimum absolute atomic E-state index is 0. The molecule has 106 valence electrons. The Bertz CT molecular complexity index is 385. The van der Waals surface area contributed by atoms with Crippen LogP contribution < -0.4 is 10.6 Å². The van der Waals surface area contributed by atoms with Gasteiger partial charge in [0.05, 0.1) is 0 Å². The van der Waals surface area contributed by atoms with Gasteiger partial charge in [-0.05, 0) is 24.0 Å². The number of aliphatic imine (C=N–C) groups is 1. The van der Waals surface area contributed by atoms with Crippen molar-refractivity contribution in [2.75, 3.05) is 20.1 Å². The molecular formula is C15H24IN3. The zero-order valence-corrected chi connectivity index (χ0v) is 14.1. The lowest BCUT2D eigenvalue weighted by atomic mass is 10.1. The number of rotatable bonds is 6. The highest BCUT2D eigenvalue weighted by atomic mass is 127. The number of halogens is 1. The van der Waals surface area contributed by atoms with Crippen molar-refractivity contribution >= 4 is 29.9 Å². The molecule has 19 heavy (non-hydrogen) atoms. The van der Waals surface area contributed by atoms with E-state index in [0.29, 0.717) is 0 Å². The van der Waals surface area contributed by atoms with E-state index in [-0.39, 0.29) is 24.0 Å². The summed E-state index contributed by atoms with van der Waals surface area (Å²) in [4.78, 5) is 4.13. The summed E-state index contributed by atoms with van der Waals surface area (Å²) < 4.78 is 0. The van der Waals surface area contributed by atoms with Crippen LogP contribution in [0.4, 0.5) is 0 Å². The molecule has 0 saturated heterocycles. The molecule has 0 radical (unpaired) electrons. The van der Waals surface area contributed by atoms with Crippen molar-refractivity contribution in [2.45, 2.75) is 19.8 Å². The standard InChI is InChI=1S/C15H23N3.HI/c1-4-11-17-15(16-3)18-12-10-14-8-6-13(5-2)7-9-14;/h4,6-9H,1,5,10-12H2,2-3H3,(H2,16,17,18);1H. The summed E-state index contributed by atoms with van der Waals surface area (Å²) in [5, 5.41) is 6.42. The molecule has 0 bridgehead atoms. The lowest BCUT2D eigenvalue weighted by Crippen LogP contribution is -2.38. The molecule has 1 rings (SSSR count). The van der Waals surface area contributed by atoms with Crippen LogP contribution in [-0.4, -0.2) is 26.1 Å². The second kappa shape index (κ2) is 10.8. The van der Waals surface area contributed by atoms with Crippen molar-refractivity contribution in [3.8, 4) is 0 Å². The fourth-order valence-electron chi connectivity index (χ4n) is 1.66. The van der Waals surface area contributed by atoms with Crippen molar-refractivity contribution in [3.63, 3.8) is 0 Å². The summed E-state index contributed by atoms with van der Waals surface area (Å²) in [6.45, 7) is 7.44. The Kier molecular flexibility index (Phi) is 10.2. The molecule has 0 aliphatic carbocycles. The highest BCUT2D eigenvalue weighted by Crippen LogP contribution is 2.05. The maximum Gasteiger partial charge on any atom is 0.191 e. The Hall–Kier alpha value is -1.04. The van der Waals surface area contributed by atoms with Gasteiger partial charge in [-0.25, -0.2) is 0 Å². The van der Waals surface area contributed by atoms with Gasteiger partial charge in [-0.1, -0.05) is 37.3 Å². The first-order chi connectivity index (χ1) is 8.80. The van der Waals surface area contributed by atoms with E-state index in [0.717, 1.165) is 31.9 Å². The number of nitrogens with zero attached hydrogens (tertiary/aromatic N) is 1. The first-order valence-corrected chi connectivity index (χ1v) is 6.43. The summed E-state index contributed by atoms with van der Waals surface area (Å²) in [7, 11) is 1.77. The molecule has 0 unspecified atom stereocenters.